The molecule has 0 radical (unpaired) electrons. The molecule has 0 aromatic heterocycles. The Kier molecular flexibility index (Phi) is 9.03. The molecule has 0 spiro atoms. The quantitative estimate of drug-likeness (QED) is 0.394. The van der Waals surface area contributed by atoms with Crippen LogP contribution in [-0.2, 0) is 0 Å². The van der Waals surface area contributed by atoms with E-state index in [1.165, 1.54) is 0 Å². The molecule has 0 amide bonds. The monoisotopic (exact) mass is 106 g/mol. The summed E-state index contributed by atoms with van der Waals surface area (Å²) in [5, 5.41) is 0. The minimum atomic E-state index is -1.83. The fourth-order valence-corrected chi connectivity index (χ4v) is 0. The molecule has 0 rings (SSSR count). The van der Waals surface area contributed by atoms with E-state index in [-0.39, 0.29) is 37.7 Å². The van der Waals surface area contributed by atoms with Crippen LogP contribution in [0.5, 0.6) is 0 Å². The first-order valence-corrected chi connectivity index (χ1v) is 0.732. The Morgan fingerprint density at radius 2 is 1.40 bits per heavy atom. The Labute approximate surface area is 58.9 Å². The average Bonchev–Trinajstić information content (AvgIpc) is 0.811. The predicted octanol–water partition coefficient (Wildman–Crippen LogP) is 0.480. The number of hydrogen-bond donors (Lipinski definition) is 0. The van der Waals surface area contributed by atoms with Crippen molar-refractivity contribution in [2.24, 2.45) is 0 Å². The Hall–Kier alpha value is 0.860. The van der Waals surface area contributed by atoms with E-state index in [4.69, 9.17) is 0 Å². The Morgan fingerprint density at radius 1 is 1.40 bits per heavy atom. The van der Waals surface area contributed by atoms with Gasteiger partial charge in [0.15, 0.2) is 0 Å². The van der Waals surface area contributed by atoms with Gasteiger partial charge in [0.05, 0.1) is 0 Å². The fourth-order valence-electron chi connectivity index (χ4n) is 0. The molecule has 0 aromatic carbocycles. The first-order chi connectivity index (χ1) is 1.73. The summed E-state index contributed by atoms with van der Waals surface area (Å²) in [5.74, 6) is 0. The molecule has 0 aliphatic rings. The second-order valence-corrected chi connectivity index (χ2v) is 0.339. The summed E-state index contributed by atoms with van der Waals surface area (Å²) in [7, 11) is 0. The zero-order valence-corrected chi connectivity index (χ0v) is 1.96. The first-order valence-electron chi connectivity index (χ1n) is 0.732. The van der Waals surface area contributed by atoms with Crippen LogP contribution in [0.3, 0.4) is 0 Å². The third-order valence-corrected chi connectivity index (χ3v) is 0. The van der Waals surface area contributed by atoms with Crippen LogP contribution < -0.4 is 0 Å². The average molecular weight is 106 g/mol. The van der Waals surface area contributed by atoms with Crippen molar-refractivity contribution >= 4 is 37.7 Å². The summed E-state index contributed by atoms with van der Waals surface area (Å²) in [6.45, 7) is 2.22. The summed E-state index contributed by atoms with van der Waals surface area (Å²) >= 11 is 0. The molecule has 0 aliphatic heterocycles. The summed E-state index contributed by atoms with van der Waals surface area (Å²) in [6, 6.07) is 0. The molecule has 5 heavy (non-hydrogen) atoms. The summed E-state index contributed by atoms with van der Waals surface area (Å²) in [6.07, 6.45) is -1.83. The van der Waals surface area contributed by atoms with E-state index in [9.17, 15) is 8.78 Å². The fraction of sp³-hybridized carbons (Fsp3) is 0. The molecule has 0 saturated heterocycles. The molecule has 0 fully saturated rings. The van der Waals surface area contributed by atoms with Crippen LogP contribution in [0.15, 0.2) is 12.7 Å². The second kappa shape index (κ2) is 4.86. The molecule has 0 aliphatic carbocycles. The Morgan fingerprint density at radius 3 is 1.40 bits per heavy atom. The van der Waals surface area contributed by atoms with Crippen LogP contribution in [0.1, 0.15) is 0 Å². The maximum absolute atomic E-state index is 10.1. The summed E-state index contributed by atoms with van der Waals surface area (Å²) < 4.78 is 20.3. The van der Waals surface area contributed by atoms with E-state index < -0.39 is 6.08 Å². The van der Waals surface area contributed by atoms with Gasteiger partial charge in [-0.3, -0.25) is 0 Å². The molecule has 3 heteroatoms. The molecule has 0 heterocycles. The van der Waals surface area contributed by atoms with Crippen LogP contribution in [0.25, 0.3) is 0 Å². The van der Waals surface area contributed by atoms with Crippen LogP contribution >= 0.6 is 0 Å². The Bertz CT molecular complexity index is 30.6. The van der Waals surface area contributed by atoms with Crippen LogP contribution in [0.4, 0.5) is 8.78 Å². The molecule has 0 aromatic rings. The molecule has 0 atom stereocenters. The van der Waals surface area contributed by atoms with Gasteiger partial charge in [-0.25, -0.2) is 0 Å². The zero-order valence-electron chi connectivity index (χ0n) is 1.96. The van der Waals surface area contributed by atoms with Crippen molar-refractivity contribution in [1.29, 1.82) is 0 Å². The van der Waals surface area contributed by atoms with E-state index in [0.717, 1.165) is 0 Å². The summed E-state index contributed by atoms with van der Waals surface area (Å²) in [4.78, 5) is 0. The maximum atomic E-state index is 10.1. The van der Waals surface area contributed by atoms with Gasteiger partial charge in [-0.05, 0) is 6.58 Å². The van der Waals surface area contributed by atoms with E-state index in [2.05, 4.69) is 6.58 Å². The predicted molar refractivity (Wildman–Crippen MR) is 19.9 cm³/mol. The van der Waals surface area contributed by atoms with E-state index in [1.54, 1.807) is 0 Å². The molecule has 0 saturated carbocycles. The number of hydrogen-bond acceptors (Lipinski definition) is 0. The van der Waals surface area contributed by atoms with Crippen molar-refractivity contribution in [2.45, 2.75) is 0 Å². The first kappa shape index (κ1) is 9.29. The van der Waals surface area contributed by atoms with Gasteiger partial charge in [-0.15, -0.1) is 0 Å². The van der Waals surface area contributed by atoms with Crippen LogP contribution in [0.2, 0.25) is 0 Å². The minimum absolute atomic E-state index is 0. The van der Waals surface area contributed by atoms with Gasteiger partial charge in [0.1, 0.15) is 0 Å². The van der Waals surface area contributed by atoms with Gasteiger partial charge in [-0.2, -0.15) is 8.78 Å². The van der Waals surface area contributed by atoms with Crippen molar-refractivity contribution in [2.75, 3.05) is 0 Å². The van der Waals surface area contributed by atoms with Gasteiger partial charge in [0.2, 0.25) is 0 Å². The normalized spacial score (nSPS) is 5.20. The van der Waals surface area contributed by atoms with E-state index in [0.29, 0.717) is 0 Å². The third kappa shape index (κ3) is 53.8. The van der Waals surface area contributed by atoms with Gasteiger partial charge in [0, 0.05) is 0 Å². The number of rotatable bonds is 0. The third-order valence-electron chi connectivity index (χ3n) is 0. The van der Waals surface area contributed by atoms with Crippen molar-refractivity contribution in [3.63, 3.8) is 0 Å². The molecule has 28 valence electrons. The van der Waals surface area contributed by atoms with Crippen molar-refractivity contribution in [3.05, 3.63) is 12.7 Å². The second-order valence-electron chi connectivity index (χ2n) is 0.339. The van der Waals surface area contributed by atoms with Gasteiger partial charge in [0.25, 0.3) is 6.08 Å². The van der Waals surface area contributed by atoms with Gasteiger partial charge >= 0.3 is 37.7 Å². The Balaban J connectivity index is 0. The molecule has 0 unspecified atom stereocenters. The molecular weight excluding hydrogens is 102 g/mol. The van der Waals surface area contributed by atoms with Gasteiger partial charge in [-0.1, -0.05) is 0 Å². The topological polar surface area (TPSA) is 0 Å². The standard InChI is InChI=1S/C2H2F2.Ca.2H/c1-2(3)4;;;/h1H2;;;. The zero-order chi connectivity index (χ0) is 3.58. The molecule has 0 N–H and O–H groups in total. The molecule has 0 nitrogen and oxygen atoms in total. The van der Waals surface area contributed by atoms with E-state index in [1.807, 2.05) is 0 Å². The SMILES string of the molecule is C=C(F)F.[CaH2]. The van der Waals surface area contributed by atoms with Crippen LogP contribution in [-0.4, -0.2) is 37.7 Å². The van der Waals surface area contributed by atoms with Gasteiger partial charge < -0.3 is 0 Å². The molecule has 0 bridgehead atoms. The molecular formula is C2H4CaF2. The van der Waals surface area contributed by atoms with Crippen molar-refractivity contribution in [1.82, 2.24) is 0 Å². The number of halogens is 2. The van der Waals surface area contributed by atoms with Crippen molar-refractivity contribution < 1.29 is 8.78 Å². The van der Waals surface area contributed by atoms with E-state index >= 15 is 0 Å². The summed E-state index contributed by atoms with van der Waals surface area (Å²) in [5.41, 5.74) is 0. The van der Waals surface area contributed by atoms with Crippen LogP contribution in [0, 0.1) is 0 Å². The van der Waals surface area contributed by atoms with Crippen molar-refractivity contribution in [3.8, 4) is 0 Å².